The van der Waals surface area contributed by atoms with Gasteiger partial charge in [-0.15, -0.1) is 0 Å². The molecule has 0 atom stereocenters. The fourth-order valence-electron chi connectivity index (χ4n) is 1.94. The summed E-state index contributed by atoms with van der Waals surface area (Å²) in [4.78, 5) is 15.8. The number of nitrogens with zero attached hydrogens (tertiary/aromatic N) is 1. The lowest BCUT2D eigenvalue weighted by Gasteiger charge is -2.09. The number of halogens is 3. The number of ether oxygens (including phenoxy) is 1. The third-order valence-electron chi connectivity index (χ3n) is 2.77. The Bertz CT molecular complexity index is 742. The van der Waals surface area contributed by atoms with Crippen molar-refractivity contribution in [2.75, 3.05) is 6.61 Å². The molecule has 0 saturated heterocycles. The molecule has 0 aliphatic rings. The summed E-state index contributed by atoms with van der Waals surface area (Å²) in [7, 11) is 0. The molecule has 110 valence electrons. The van der Waals surface area contributed by atoms with Crippen molar-refractivity contribution in [3.05, 3.63) is 44.5 Å². The van der Waals surface area contributed by atoms with E-state index in [1.54, 1.807) is 25.1 Å². The molecule has 1 aromatic carbocycles. The van der Waals surface area contributed by atoms with Gasteiger partial charge in [-0.25, -0.2) is 4.79 Å². The molecule has 1 aromatic heterocycles. The number of aryl methyl sites for hydroxylation is 1. The van der Waals surface area contributed by atoms with Gasteiger partial charge in [-0.05, 0) is 37.6 Å². The van der Waals surface area contributed by atoms with Gasteiger partial charge in [0.25, 0.3) is 0 Å². The van der Waals surface area contributed by atoms with Gasteiger partial charge in [-0.2, -0.15) is 0 Å². The Morgan fingerprint density at radius 2 is 2.00 bits per heavy atom. The Morgan fingerprint density at radius 1 is 1.29 bits per heavy atom. The zero-order chi connectivity index (χ0) is 15.6. The van der Waals surface area contributed by atoms with Crippen LogP contribution in [-0.4, -0.2) is 17.6 Å². The molecule has 0 amide bonds. The minimum Gasteiger partial charge on any atom is -0.463 e. The molecule has 0 aliphatic carbocycles. The van der Waals surface area contributed by atoms with Crippen molar-refractivity contribution in [3.8, 4) is 0 Å². The van der Waals surface area contributed by atoms with Crippen LogP contribution in [0.25, 0.3) is 17.0 Å². The van der Waals surface area contributed by atoms with Gasteiger partial charge in [0.2, 0.25) is 0 Å². The molecule has 0 radical (unpaired) electrons. The number of carbonyl (C=O) groups is 1. The molecule has 21 heavy (non-hydrogen) atoms. The average molecular weight is 345 g/mol. The highest BCUT2D eigenvalue weighted by atomic mass is 35.5. The predicted molar refractivity (Wildman–Crippen MR) is 87.2 cm³/mol. The van der Waals surface area contributed by atoms with Crippen LogP contribution in [0.5, 0.6) is 0 Å². The molecule has 0 spiro atoms. The van der Waals surface area contributed by atoms with Crippen LogP contribution in [0, 0.1) is 6.92 Å². The summed E-state index contributed by atoms with van der Waals surface area (Å²) in [5.41, 5.74) is 2.01. The van der Waals surface area contributed by atoms with E-state index in [0.29, 0.717) is 38.1 Å². The summed E-state index contributed by atoms with van der Waals surface area (Å²) in [6.45, 7) is 3.89. The van der Waals surface area contributed by atoms with Crippen molar-refractivity contribution in [2.45, 2.75) is 13.8 Å². The maximum absolute atomic E-state index is 11.4. The fraction of sp³-hybridized carbons (Fsp3) is 0.200. The van der Waals surface area contributed by atoms with Crippen molar-refractivity contribution in [2.24, 2.45) is 0 Å². The SMILES string of the molecule is CCOC(=O)/C=C/c1cc(C)nc2c(Cl)cc(Cl)c(Cl)c12. The van der Waals surface area contributed by atoms with E-state index < -0.39 is 5.97 Å². The number of benzene rings is 1. The van der Waals surface area contributed by atoms with Gasteiger partial charge < -0.3 is 4.74 Å². The lowest BCUT2D eigenvalue weighted by Crippen LogP contribution is -1.99. The topological polar surface area (TPSA) is 39.2 Å². The predicted octanol–water partition coefficient (Wildman–Crippen LogP) is 5.08. The molecule has 6 heteroatoms. The van der Waals surface area contributed by atoms with Crippen molar-refractivity contribution in [3.63, 3.8) is 0 Å². The first-order chi connectivity index (χ1) is 9.93. The molecule has 1 heterocycles. The Labute approximate surface area is 137 Å². The zero-order valence-electron chi connectivity index (χ0n) is 11.4. The number of rotatable bonds is 3. The minimum absolute atomic E-state index is 0.317. The smallest absolute Gasteiger partial charge is 0.330 e. The fourth-order valence-corrected chi connectivity index (χ4v) is 2.70. The van der Waals surface area contributed by atoms with Crippen LogP contribution >= 0.6 is 34.8 Å². The molecule has 0 fully saturated rings. The van der Waals surface area contributed by atoms with E-state index in [9.17, 15) is 4.79 Å². The van der Waals surface area contributed by atoms with E-state index in [2.05, 4.69) is 4.98 Å². The van der Waals surface area contributed by atoms with Crippen LogP contribution in [0.15, 0.2) is 18.2 Å². The summed E-state index contributed by atoms with van der Waals surface area (Å²) in [5, 5.41) is 1.71. The van der Waals surface area contributed by atoms with Gasteiger partial charge in [0, 0.05) is 17.2 Å². The molecular weight excluding hydrogens is 333 g/mol. The standard InChI is InChI=1S/C15H12Cl3NO2/c1-3-21-12(20)5-4-9-6-8(2)19-15-11(17)7-10(16)14(18)13(9)15/h4-7H,3H2,1-2H3/b5-4+. The molecule has 0 saturated carbocycles. The largest absolute Gasteiger partial charge is 0.463 e. The van der Waals surface area contributed by atoms with Gasteiger partial charge in [0.15, 0.2) is 0 Å². The number of fused-ring (bicyclic) bond motifs is 1. The lowest BCUT2D eigenvalue weighted by molar-refractivity contribution is -0.137. The van der Waals surface area contributed by atoms with Gasteiger partial charge in [0.05, 0.1) is 27.2 Å². The van der Waals surface area contributed by atoms with Gasteiger partial charge in [-0.1, -0.05) is 34.8 Å². The maximum Gasteiger partial charge on any atom is 0.330 e. The van der Waals surface area contributed by atoms with Crippen LogP contribution in [-0.2, 0) is 9.53 Å². The monoisotopic (exact) mass is 343 g/mol. The molecule has 2 aromatic rings. The first kappa shape index (κ1) is 16.1. The molecule has 0 bridgehead atoms. The first-order valence-corrected chi connectivity index (χ1v) is 7.37. The normalized spacial score (nSPS) is 11.3. The Hall–Kier alpha value is -1.29. The second-order valence-electron chi connectivity index (χ2n) is 4.32. The maximum atomic E-state index is 11.4. The lowest BCUT2D eigenvalue weighted by atomic mass is 10.1. The van der Waals surface area contributed by atoms with Crippen molar-refractivity contribution < 1.29 is 9.53 Å². The number of pyridine rings is 1. The average Bonchev–Trinajstić information content (AvgIpc) is 2.42. The highest BCUT2D eigenvalue weighted by Gasteiger charge is 2.13. The Balaban J connectivity index is 2.65. The van der Waals surface area contributed by atoms with Crippen LogP contribution in [0.4, 0.5) is 0 Å². The first-order valence-electron chi connectivity index (χ1n) is 6.23. The van der Waals surface area contributed by atoms with Crippen LogP contribution in [0.2, 0.25) is 15.1 Å². The van der Waals surface area contributed by atoms with Gasteiger partial charge >= 0.3 is 5.97 Å². The number of carbonyl (C=O) groups excluding carboxylic acids is 1. The van der Waals surface area contributed by atoms with Crippen molar-refractivity contribution in [1.82, 2.24) is 4.98 Å². The van der Waals surface area contributed by atoms with E-state index in [1.165, 1.54) is 6.08 Å². The quantitative estimate of drug-likeness (QED) is 0.443. The Kier molecular flexibility index (Phi) is 5.09. The van der Waals surface area contributed by atoms with E-state index in [-0.39, 0.29) is 0 Å². The van der Waals surface area contributed by atoms with Gasteiger partial charge in [0.1, 0.15) is 0 Å². The van der Waals surface area contributed by atoms with Crippen molar-refractivity contribution >= 4 is 57.8 Å². The second kappa shape index (κ2) is 6.65. The molecule has 0 unspecified atom stereocenters. The summed E-state index contributed by atoms with van der Waals surface area (Å²) in [5.74, 6) is -0.427. The minimum atomic E-state index is -0.427. The van der Waals surface area contributed by atoms with Crippen LogP contribution in [0.1, 0.15) is 18.2 Å². The number of hydrogen-bond acceptors (Lipinski definition) is 3. The van der Waals surface area contributed by atoms with E-state index >= 15 is 0 Å². The summed E-state index contributed by atoms with van der Waals surface area (Å²) >= 11 is 18.5. The Morgan fingerprint density at radius 3 is 2.67 bits per heavy atom. The number of esters is 1. The third kappa shape index (κ3) is 3.49. The molecule has 2 rings (SSSR count). The summed E-state index contributed by atoms with van der Waals surface area (Å²) in [6, 6.07) is 3.36. The summed E-state index contributed by atoms with van der Waals surface area (Å²) in [6.07, 6.45) is 2.95. The van der Waals surface area contributed by atoms with E-state index in [0.717, 1.165) is 5.69 Å². The highest BCUT2D eigenvalue weighted by molar-refractivity contribution is 6.48. The van der Waals surface area contributed by atoms with Crippen molar-refractivity contribution in [1.29, 1.82) is 0 Å². The summed E-state index contributed by atoms with van der Waals surface area (Å²) < 4.78 is 4.86. The second-order valence-corrected chi connectivity index (χ2v) is 5.51. The molecular formula is C15H12Cl3NO2. The zero-order valence-corrected chi connectivity index (χ0v) is 13.7. The number of hydrogen-bond donors (Lipinski definition) is 0. The highest BCUT2D eigenvalue weighted by Crippen LogP contribution is 2.37. The molecule has 0 N–H and O–H groups in total. The van der Waals surface area contributed by atoms with E-state index in [4.69, 9.17) is 39.5 Å². The van der Waals surface area contributed by atoms with Crippen LogP contribution in [0.3, 0.4) is 0 Å². The third-order valence-corrected chi connectivity index (χ3v) is 3.85. The molecule has 0 aliphatic heterocycles. The van der Waals surface area contributed by atoms with E-state index in [1.807, 2.05) is 6.92 Å². The van der Waals surface area contributed by atoms with Gasteiger partial charge in [-0.3, -0.25) is 4.98 Å². The number of aromatic nitrogens is 1. The van der Waals surface area contributed by atoms with Crippen LogP contribution < -0.4 is 0 Å². The molecule has 3 nitrogen and oxygen atoms in total.